The van der Waals surface area contributed by atoms with Gasteiger partial charge in [0.2, 0.25) is 0 Å². The monoisotopic (exact) mass is 232 g/mol. The molecule has 0 spiro atoms. The van der Waals surface area contributed by atoms with Crippen molar-refractivity contribution in [3.63, 3.8) is 0 Å². The molecule has 0 saturated heterocycles. The molecule has 0 bridgehead atoms. The Balaban J connectivity index is 2.20. The lowest BCUT2D eigenvalue weighted by Crippen LogP contribution is -1.92. The second-order valence-corrected chi connectivity index (χ2v) is 4.18. The summed E-state index contributed by atoms with van der Waals surface area (Å²) in [6.07, 6.45) is 0.834. The Morgan fingerprint density at radius 2 is 1.50 bits per heavy atom. The van der Waals surface area contributed by atoms with E-state index in [-0.39, 0.29) is 0 Å². The minimum absolute atomic E-state index is 0.605. The van der Waals surface area contributed by atoms with Crippen LogP contribution in [0.25, 0.3) is 0 Å². The van der Waals surface area contributed by atoms with Crippen LogP contribution in [-0.4, -0.2) is 0 Å². The van der Waals surface area contributed by atoms with Crippen LogP contribution in [0.4, 0.5) is 11.4 Å². The Morgan fingerprint density at radius 1 is 0.875 bits per heavy atom. The lowest BCUT2D eigenvalue weighted by molar-refractivity contribution is 1.19. The smallest absolute Gasteiger partial charge is 0.0638 e. The van der Waals surface area contributed by atoms with E-state index in [9.17, 15) is 0 Å². The Morgan fingerprint density at radius 3 is 2.12 bits per heavy atom. The van der Waals surface area contributed by atoms with Gasteiger partial charge >= 0.3 is 0 Å². The van der Waals surface area contributed by atoms with Gasteiger partial charge in [0.1, 0.15) is 0 Å². The summed E-state index contributed by atoms with van der Waals surface area (Å²) in [4.78, 5) is 0. The fourth-order valence-electron chi connectivity index (χ4n) is 1.55. The molecule has 0 fully saturated rings. The van der Waals surface area contributed by atoms with E-state index in [2.05, 4.69) is 0 Å². The average molecular weight is 233 g/mol. The number of nitrogen functional groups attached to an aromatic ring is 2. The molecule has 82 valence electrons. The first-order valence-corrected chi connectivity index (χ1v) is 5.41. The molecule has 16 heavy (non-hydrogen) atoms. The van der Waals surface area contributed by atoms with E-state index >= 15 is 0 Å². The zero-order valence-electron chi connectivity index (χ0n) is 8.78. The van der Waals surface area contributed by atoms with Crippen molar-refractivity contribution in [2.45, 2.75) is 6.42 Å². The topological polar surface area (TPSA) is 52.0 Å². The molecule has 0 radical (unpaired) electrons. The standard InChI is InChI=1S/C13H13ClN2/c14-12-8-10(3-6-13(12)16)7-9-1-4-11(15)5-2-9/h1-6,8H,7,15-16H2. The molecule has 0 atom stereocenters. The van der Waals surface area contributed by atoms with Gasteiger partial charge in [-0.25, -0.2) is 0 Å². The summed E-state index contributed by atoms with van der Waals surface area (Å²) in [7, 11) is 0. The summed E-state index contributed by atoms with van der Waals surface area (Å²) >= 11 is 5.96. The van der Waals surface area contributed by atoms with Crippen molar-refractivity contribution in [2.24, 2.45) is 0 Å². The zero-order chi connectivity index (χ0) is 11.5. The molecule has 0 saturated carbocycles. The first kappa shape index (κ1) is 10.8. The van der Waals surface area contributed by atoms with E-state index in [1.165, 1.54) is 5.56 Å². The van der Waals surface area contributed by atoms with Crippen molar-refractivity contribution in [3.8, 4) is 0 Å². The highest BCUT2D eigenvalue weighted by molar-refractivity contribution is 6.33. The predicted molar refractivity (Wildman–Crippen MR) is 69.5 cm³/mol. The highest BCUT2D eigenvalue weighted by atomic mass is 35.5. The second-order valence-electron chi connectivity index (χ2n) is 3.77. The first-order valence-electron chi connectivity index (χ1n) is 5.03. The van der Waals surface area contributed by atoms with Crippen LogP contribution < -0.4 is 11.5 Å². The van der Waals surface area contributed by atoms with Crippen molar-refractivity contribution >= 4 is 23.0 Å². The molecule has 2 rings (SSSR count). The molecule has 0 amide bonds. The summed E-state index contributed by atoms with van der Waals surface area (Å²) in [5.41, 5.74) is 15.0. The highest BCUT2D eigenvalue weighted by Gasteiger charge is 2.00. The Bertz CT molecular complexity index is 492. The largest absolute Gasteiger partial charge is 0.399 e. The molecule has 0 aliphatic rings. The molecular formula is C13H13ClN2. The highest BCUT2D eigenvalue weighted by Crippen LogP contribution is 2.21. The van der Waals surface area contributed by atoms with E-state index < -0.39 is 0 Å². The first-order chi connectivity index (χ1) is 7.65. The fourth-order valence-corrected chi connectivity index (χ4v) is 1.75. The predicted octanol–water partition coefficient (Wildman–Crippen LogP) is 3.10. The van der Waals surface area contributed by atoms with Gasteiger partial charge in [-0.2, -0.15) is 0 Å². The van der Waals surface area contributed by atoms with Crippen molar-refractivity contribution in [2.75, 3.05) is 11.5 Å². The van der Waals surface area contributed by atoms with Crippen molar-refractivity contribution < 1.29 is 0 Å². The van der Waals surface area contributed by atoms with E-state index in [0.29, 0.717) is 10.7 Å². The van der Waals surface area contributed by atoms with Gasteiger partial charge in [0.25, 0.3) is 0 Å². The van der Waals surface area contributed by atoms with Crippen LogP contribution in [0, 0.1) is 0 Å². The Labute approximate surface area is 99.8 Å². The maximum absolute atomic E-state index is 5.96. The summed E-state index contributed by atoms with van der Waals surface area (Å²) in [5, 5.41) is 0.605. The quantitative estimate of drug-likeness (QED) is 0.782. The molecule has 0 heterocycles. The summed E-state index contributed by atoms with van der Waals surface area (Å²) in [5.74, 6) is 0. The molecule has 3 heteroatoms. The van der Waals surface area contributed by atoms with E-state index in [4.69, 9.17) is 23.1 Å². The van der Waals surface area contributed by atoms with Crippen LogP contribution in [0.15, 0.2) is 42.5 Å². The molecule has 2 aromatic rings. The van der Waals surface area contributed by atoms with Crippen LogP contribution in [-0.2, 0) is 6.42 Å². The number of hydrogen-bond acceptors (Lipinski definition) is 2. The number of anilines is 2. The minimum atomic E-state index is 0.605. The van der Waals surface area contributed by atoms with Gasteiger partial charge in [-0.3, -0.25) is 0 Å². The minimum Gasteiger partial charge on any atom is -0.399 e. The third-order valence-electron chi connectivity index (χ3n) is 2.45. The molecule has 0 unspecified atom stereocenters. The van der Waals surface area contributed by atoms with E-state index in [0.717, 1.165) is 17.7 Å². The Hall–Kier alpha value is -1.67. The lowest BCUT2D eigenvalue weighted by atomic mass is 10.0. The van der Waals surface area contributed by atoms with E-state index in [1.807, 2.05) is 42.5 Å². The molecule has 0 aliphatic heterocycles. The fraction of sp³-hybridized carbons (Fsp3) is 0.0769. The number of nitrogens with two attached hydrogens (primary N) is 2. The van der Waals surface area contributed by atoms with Gasteiger partial charge in [0.05, 0.1) is 10.7 Å². The van der Waals surface area contributed by atoms with Crippen molar-refractivity contribution in [3.05, 3.63) is 58.6 Å². The Kier molecular flexibility index (Phi) is 3.02. The third-order valence-corrected chi connectivity index (χ3v) is 2.78. The SMILES string of the molecule is Nc1ccc(Cc2ccc(N)c(Cl)c2)cc1. The van der Waals surface area contributed by atoms with Crippen LogP contribution >= 0.6 is 11.6 Å². The van der Waals surface area contributed by atoms with Gasteiger partial charge in [-0.15, -0.1) is 0 Å². The summed E-state index contributed by atoms with van der Waals surface area (Å²) in [6.45, 7) is 0. The maximum Gasteiger partial charge on any atom is 0.0638 e. The summed E-state index contributed by atoms with van der Waals surface area (Å²) < 4.78 is 0. The molecule has 0 aliphatic carbocycles. The number of halogens is 1. The number of benzene rings is 2. The van der Waals surface area contributed by atoms with Crippen LogP contribution in [0.1, 0.15) is 11.1 Å². The molecule has 0 aromatic heterocycles. The molecule has 4 N–H and O–H groups in total. The molecule has 2 aromatic carbocycles. The van der Waals surface area contributed by atoms with Crippen molar-refractivity contribution in [1.29, 1.82) is 0 Å². The lowest BCUT2D eigenvalue weighted by Gasteiger charge is -2.04. The third kappa shape index (κ3) is 2.47. The molecule has 2 nitrogen and oxygen atoms in total. The van der Waals surface area contributed by atoms with E-state index in [1.54, 1.807) is 0 Å². The van der Waals surface area contributed by atoms with Gasteiger partial charge in [-0.05, 0) is 41.8 Å². The van der Waals surface area contributed by atoms with Crippen LogP contribution in [0.2, 0.25) is 5.02 Å². The number of hydrogen-bond donors (Lipinski definition) is 2. The van der Waals surface area contributed by atoms with Gasteiger partial charge < -0.3 is 11.5 Å². The number of rotatable bonds is 2. The summed E-state index contributed by atoms with van der Waals surface area (Å²) in [6, 6.07) is 13.5. The zero-order valence-corrected chi connectivity index (χ0v) is 9.54. The molecular weight excluding hydrogens is 220 g/mol. The van der Waals surface area contributed by atoms with Gasteiger partial charge in [0, 0.05) is 5.69 Å². The normalized spacial score (nSPS) is 10.3. The van der Waals surface area contributed by atoms with Crippen molar-refractivity contribution in [1.82, 2.24) is 0 Å². The van der Waals surface area contributed by atoms with Gasteiger partial charge in [0.15, 0.2) is 0 Å². The van der Waals surface area contributed by atoms with Gasteiger partial charge in [-0.1, -0.05) is 29.8 Å². The van der Waals surface area contributed by atoms with Crippen LogP contribution in [0.5, 0.6) is 0 Å². The maximum atomic E-state index is 5.96. The average Bonchev–Trinajstić information content (AvgIpc) is 2.27. The second kappa shape index (κ2) is 4.45. The van der Waals surface area contributed by atoms with Crippen LogP contribution in [0.3, 0.4) is 0 Å².